The van der Waals surface area contributed by atoms with Gasteiger partial charge >= 0.3 is 5.63 Å². The molecule has 4 aromatic rings. The summed E-state index contributed by atoms with van der Waals surface area (Å²) < 4.78 is 11.5. The number of hydrogen-bond acceptors (Lipinski definition) is 6. The average Bonchev–Trinajstić information content (AvgIpc) is 3.12. The molecule has 2 amide bonds. The molecule has 0 spiro atoms. The predicted octanol–water partition coefficient (Wildman–Crippen LogP) is 3.65. The van der Waals surface area contributed by atoms with E-state index in [0.717, 1.165) is 38.8 Å². The first-order valence-corrected chi connectivity index (χ1v) is 11.2. The molecule has 1 aromatic carbocycles. The highest BCUT2D eigenvalue weighted by atomic mass is 16.4. The first-order chi connectivity index (χ1) is 16.3. The van der Waals surface area contributed by atoms with Gasteiger partial charge < -0.3 is 19.5 Å². The average molecular weight is 462 g/mol. The first-order valence-electron chi connectivity index (χ1n) is 11.2. The summed E-state index contributed by atoms with van der Waals surface area (Å²) in [7, 11) is 0. The lowest BCUT2D eigenvalue weighted by Crippen LogP contribution is -2.34. The standard InChI is InChI=1S/C26H27N3O5/c1-14-17(4)33-23-16(3)24-21(13-20(14)23)15(2)19(26(32)34-24)5-6-22(30)28-11-12-29-25(31)18-7-9-27-10-8-18/h7-10,13H,5-6,11-12H2,1-4H3,(H,28,30)(H,29,31). The zero-order chi connectivity index (χ0) is 24.4. The fourth-order valence-electron chi connectivity index (χ4n) is 4.09. The number of hydrogen-bond donors (Lipinski definition) is 2. The molecule has 0 bridgehead atoms. The van der Waals surface area contributed by atoms with E-state index in [0.29, 0.717) is 23.3 Å². The van der Waals surface area contributed by atoms with Crippen LogP contribution in [-0.4, -0.2) is 29.9 Å². The zero-order valence-corrected chi connectivity index (χ0v) is 19.7. The molecule has 8 heteroatoms. The minimum atomic E-state index is -0.440. The fourth-order valence-corrected chi connectivity index (χ4v) is 4.09. The smallest absolute Gasteiger partial charge is 0.339 e. The van der Waals surface area contributed by atoms with Crippen LogP contribution in [0.2, 0.25) is 0 Å². The summed E-state index contributed by atoms with van der Waals surface area (Å²) in [5, 5.41) is 7.35. The third kappa shape index (κ3) is 4.44. The highest BCUT2D eigenvalue weighted by Gasteiger charge is 2.19. The highest BCUT2D eigenvalue weighted by Crippen LogP contribution is 2.34. The molecule has 0 aliphatic carbocycles. The lowest BCUT2D eigenvalue weighted by Gasteiger charge is -2.10. The number of carbonyl (C=O) groups excluding carboxylic acids is 2. The van der Waals surface area contributed by atoms with E-state index in [4.69, 9.17) is 8.83 Å². The molecule has 2 N–H and O–H groups in total. The summed E-state index contributed by atoms with van der Waals surface area (Å²) >= 11 is 0. The molecule has 3 heterocycles. The van der Waals surface area contributed by atoms with Crippen LogP contribution in [0.25, 0.3) is 21.9 Å². The van der Waals surface area contributed by atoms with Gasteiger partial charge in [-0.25, -0.2) is 4.79 Å². The van der Waals surface area contributed by atoms with Gasteiger partial charge in [0.1, 0.15) is 16.9 Å². The van der Waals surface area contributed by atoms with Gasteiger partial charge in [0.2, 0.25) is 5.91 Å². The second-order valence-electron chi connectivity index (χ2n) is 8.37. The van der Waals surface area contributed by atoms with E-state index in [1.807, 2.05) is 33.8 Å². The van der Waals surface area contributed by atoms with Gasteiger partial charge in [0.25, 0.3) is 5.91 Å². The van der Waals surface area contributed by atoms with E-state index in [1.54, 1.807) is 24.5 Å². The van der Waals surface area contributed by atoms with Crippen molar-refractivity contribution in [3.05, 3.63) is 74.6 Å². The van der Waals surface area contributed by atoms with Crippen LogP contribution in [0.4, 0.5) is 0 Å². The van der Waals surface area contributed by atoms with E-state index in [9.17, 15) is 14.4 Å². The number of furan rings is 1. The van der Waals surface area contributed by atoms with E-state index in [2.05, 4.69) is 15.6 Å². The van der Waals surface area contributed by atoms with Crippen LogP contribution in [0.1, 0.15) is 44.8 Å². The van der Waals surface area contributed by atoms with Crippen molar-refractivity contribution in [3.63, 3.8) is 0 Å². The predicted molar refractivity (Wildman–Crippen MR) is 129 cm³/mol. The second kappa shape index (κ2) is 9.51. The maximum atomic E-state index is 12.7. The maximum absolute atomic E-state index is 12.7. The summed E-state index contributed by atoms with van der Waals surface area (Å²) in [6, 6.07) is 5.23. The minimum absolute atomic E-state index is 0.139. The number of nitrogens with one attached hydrogen (secondary N) is 2. The molecule has 3 aromatic heterocycles. The number of pyridine rings is 1. The van der Waals surface area contributed by atoms with Gasteiger partial charge in [-0.15, -0.1) is 0 Å². The van der Waals surface area contributed by atoms with Crippen LogP contribution in [-0.2, 0) is 11.2 Å². The second-order valence-corrected chi connectivity index (χ2v) is 8.37. The molecule has 0 aliphatic heterocycles. The Hall–Kier alpha value is -3.94. The van der Waals surface area contributed by atoms with Gasteiger partial charge in [0, 0.05) is 59.4 Å². The topological polar surface area (TPSA) is 114 Å². The molecule has 34 heavy (non-hydrogen) atoms. The Morgan fingerprint density at radius 2 is 1.53 bits per heavy atom. The van der Waals surface area contributed by atoms with Crippen LogP contribution in [0.5, 0.6) is 0 Å². The molecule has 0 saturated heterocycles. The van der Waals surface area contributed by atoms with E-state index in [-0.39, 0.29) is 31.2 Å². The van der Waals surface area contributed by atoms with Crippen LogP contribution in [0.15, 0.2) is 44.2 Å². The van der Waals surface area contributed by atoms with Crippen molar-refractivity contribution in [2.75, 3.05) is 13.1 Å². The van der Waals surface area contributed by atoms with Gasteiger partial charge in [-0.2, -0.15) is 0 Å². The Bertz CT molecular complexity index is 1450. The first kappa shape index (κ1) is 23.2. The zero-order valence-electron chi connectivity index (χ0n) is 19.7. The minimum Gasteiger partial charge on any atom is -0.461 e. The third-order valence-corrected chi connectivity index (χ3v) is 6.22. The van der Waals surface area contributed by atoms with E-state index in [1.165, 1.54) is 0 Å². The van der Waals surface area contributed by atoms with Crippen molar-refractivity contribution >= 4 is 33.8 Å². The van der Waals surface area contributed by atoms with Crippen molar-refractivity contribution in [2.24, 2.45) is 0 Å². The lowest BCUT2D eigenvalue weighted by atomic mass is 9.98. The summed E-state index contributed by atoms with van der Waals surface area (Å²) in [4.78, 5) is 40.9. The van der Waals surface area contributed by atoms with Crippen LogP contribution < -0.4 is 16.3 Å². The van der Waals surface area contributed by atoms with Crippen LogP contribution >= 0.6 is 0 Å². The van der Waals surface area contributed by atoms with Crippen molar-refractivity contribution in [1.29, 1.82) is 0 Å². The number of rotatable bonds is 7. The molecular weight excluding hydrogens is 434 g/mol. The fraction of sp³-hybridized carbons (Fsp3) is 0.308. The summed E-state index contributed by atoms with van der Waals surface area (Å²) in [6.07, 6.45) is 3.49. The lowest BCUT2D eigenvalue weighted by molar-refractivity contribution is -0.121. The number of carbonyl (C=O) groups is 2. The molecular formula is C26H27N3O5. The van der Waals surface area contributed by atoms with Crippen molar-refractivity contribution in [1.82, 2.24) is 15.6 Å². The van der Waals surface area contributed by atoms with Gasteiger partial charge in [-0.3, -0.25) is 14.6 Å². The Labute approximate surface area is 196 Å². The molecule has 0 aliphatic rings. The number of benzene rings is 1. The summed E-state index contributed by atoms with van der Waals surface area (Å²) in [5.41, 5.74) is 4.47. The number of amides is 2. The van der Waals surface area contributed by atoms with E-state index < -0.39 is 5.63 Å². The SMILES string of the molecule is Cc1oc2c(C)c3oc(=O)c(CCC(=O)NCCNC(=O)c4ccncc4)c(C)c3cc2c1C. The van der Waals surface area contributed by atoms with Gasteiger partial charge in [-0.1, -0.05) is 0 Å². The van der Waals surface area contributed by atoms with Gasteiger partial charge in [0.15, 0.2) is 0 Å². The van der Waals surface area contributed by atoms with Gasteiger partial charge in [0.05, 0.1) is 0 Å². The van der Waals surface area contributed by atoms with Crippen molar-refractivity contribution in [3.8, 4) is 0 Å². The molecule has 8 nitrogen and oxygen atoms in total. The van der Waals surface area contributed by atoms with Crippen LogP contribution in [0, 0.1) is 27.7 Å². The van der Waals surface area contributed by atoms with Crippen molar-refractivity contribution in [2.45, 2.75) is 40.5 Å². The maximum Gasteiger partial charge on any atom is 0.339 e. The molecule has 0 radical (unpaired) electrons. The largest absolute Gasteiger partial charge is 0.461 e. The quantitative estimate of drug-likeness (QED) is 0.321. The third-order valence-electron chi connectivity index (χ3n) is 6.22. The number of aromatic nitrogens is 1. The normalized spacial score (nSPS) is 11.2. The Morgan fingerprint density at radius 3 is 2.26 bits per heavy atom. The summed E-state index contributed by atoms with van der Waals surface area (Å²) in [6.45, 7) is 8.27. The number of nitrogens with zero attached hydrogens (tertiary/aromatic N) is 1. The molecule has 176 valence electrons. The summed E-state index contributed by atoms with van der Waals surface area (Å²) in [5.74, 6) is 0.403. The molecule has 0 unspecified atom stereocenters. The van der Waals surface area contributed by atoms with Crippen LogP contribution in [0.3, 0.4) is 0 Å². The Balaban J connectivity index is 1.41. The van der Waals surface area contributed by atoms with Gasteiger partial charge in [-0.05, 0) is 63.4 Å². The van der Waals surface area contributed by atoms with Crippen molar-refractivity contribution < 1.29 is 18.4 Å². The monoisotopic (exact) mass is 461 g/mol. The molecule has 4 rings (SSSR count). The Morgan fingerprint density at radius 1 is 0.882 bits per heavy atom. The highest BCUT2D eigenvalue weighted by molar-refractivity contribution is 6.00. The molecule has 0 fully saturated rings. The number of fused-ring (bicyclic) bond motifs is 2. The Kier molecular flexibility index (Phi) is 6.49. The van der Waals surface area contributed by atoms with E-state index >= 15 is 0 Å². The number of aryl methyl sites for hydroxylation is 4. The molecule has 0 saturated carbocycles. The molecule has 0 atom stereocenters.